The molecule has 3 rings (SSSR count). The molecule has 0 aliphatic carbocycles. The van der Waals surface area contributed by atoms with Gasteiger partial charge in [-0.05, 0) is 73.5 Å². The number of hydrogen-bond acceptors (Lipinski definition) is 8. The van der Waals surface area contributed by atoms with Crippen molar-refractivity contribution < 1.29 is 25.9 Å². The van der Waals surface area contributed by atoms with Gasteiger partial charge in [0.15, 0.2) is 5.82 Å². The van der Waals surface area contributed by atoms with Gasteiger partial charge in [-0.3, -0.25) is 9.11 Å². The number of pyridine rings is 1. The summed E-state index contributed by atoms with van der Waals surface area (Å²) in [6, 6.07) is 12.7. The smallest absolute Gasteiger partial charge is 0.294 e. The summed E-state index contributed by atoms with van der Waals surface area (Å²) in [7, 11) is -8.64. The summed E-state index contributed by atoms with van der Waals surface area (Å²) in [6.45, 7) is 3.51. The minimum Gasteiger partial charge on any atom is -0.340 e. The van der Waals surface area contributed by atoms with Crippen molar-refractivity contribution in [1.29, 1.82) is 5.26 Å². The molecule has 166 valence electrons. The van der Waals surface area contributed by atoms with Crippen LogP contribution in [0.15, 0.2) is 58.3 Å². The molecule has 0 bridgehead atoms. The van der Waals surface area contributed by atoms with E-state index >= 15 is 0 Å². The molecule has 0 amide bonds. The number of nitrogens with zero attached hydrogens (tertiary/aromatic N) is 2. The molecule has 0 aliphatic rings. The minimum atomic E-state index is -4.33. The molecule has 1 aromatic heterocycles. The molecule has 0 saturated carbocycles. The summed E-state index contributed by atoms with van der Waals surface area (Å²) >= 11 is 0. The number of hydrogen-bond donors (Lipinski definition) is 4. The lowest BCUT2D eigenvalue weighted by Crippen LogP contribution is -2.06. The van der Waals surface area contributed by atoms with Gasteiger partial charge in [0.2, 0.25) is 0 Å². The zero-order valence-electron chi connectivity index (χ0n) is 16.9. The maximum atomic E-state index is 11.2. The van der Waals surface area contributed by atoms with Crippen LogP contribution in [-0.2, 0) is 20.2 Å². The van der Waals surface area contributed by atoms with Crippen LogP contribution in [0, 0.1) is 25.2 Å². The van der Waals surface area contributed by atoms with Crippen molar-refractivity contribution in [3.63, 3.8) is 0 Å². The molecule has 2 aromatic carbocycles. The molecular formula is C20H18N4O6S2. The van der Waals surface area contributed by atoms with E-state index < -0.39 is 20.2 Å². The Labute approximate surface area is 185 Å². The Hall–Kier alpha value is -3.50. The largest absolute Gasteiger partial charge is 0.340 e. The molecule has 3 aromatic rings. The molecule has 1 heterocycles. The van der Waals surface area contributed by atoms with E-state index in [9.17, 15) is 22.1 Å². The number of rotatable bonds is 6. The maximum Gasteiger partial charge on any atom is 0.294 e. The van der Waals surface area contributed by atoms with E-state index in [2.05, 4.69) is 21.7 Å². The highest BCUT2D eigenvalue weighted by molar-refractivity contribution is 7.86. The molecule has 4 N–H and O–H groups in total. The lowest BCUT2D eigenvalue weighted by molar-refractivity contribution is 0.481. The highest BCUT2D eigenvalue weighted by atomic mass is 32.2. The van der Waals surface area contributed by atoms with Crippen molar-refractivity contribution in [1.82, 2.24) is 4.98 Å². The number of anilines is 4. The van der Waals surface area contributed by atoms with Crippen LogP contribution in [-0.4, -0.2) is 30.9 Å². The van der Waals surface area contributed by atoms with Crippen molar-refractivity contribution >= 4 is 43.2 Å². The maximum absolute atomic E-state index is 11.2. The molecule has 32 heavy (non-hydrogen) atoms. The second kappa shape index (κ2) is 8.56. The van der Waals surface area contributed by atoms with Gasteiger partial charge in [-0.2, -0.15) is 22.1 Å². The molecule has 12 heteroatoms. The van der Waals surface area contributed by atoms with Crippen LogP contribution >= 0.6 is 0 Å². The molecule has 0 fully saturated rings. The SMILES string of the molecule is Cc1c(Nc2ccc(S(=O)(=O)O)cc2)nc(Nc2ccc(S(=O)(=O)O)cc2)c(C#N)c1C. The monoisotopic (exact) mass is 474 g/mol. The van der Waals surface area contributed by atoms with E-state index in [-0.39, 0.29) is 21.2 Å². The quantitative estimate of drug-likeness (QED) is 0.387. The predicted octanol–water partition coefficient (Wildman–Crippen LogP) is 3.55. The van der Waals surface area contributed by atoms with E-state index in [0.29, 0.717) is 28.3 Å². The third-order valence-corrected chi connectivity index (χ3v) is 6.43. The Balaban J connectivity index is 1.96. The Morgan fingerprint density at radius 1 is 0.750 bits per heavy atom. The van der Waals surface area contributed by atoms with Gasteiger partial charge in [0.25, 0.3) is 20.2 Å². The van der Waals surface area contributed by atoms with Crippen LogP contribution < -0.4 is 10.6 Å². The lowest BCUT2D eigenvalue weighted by Gasteiger charge is -2.16. The molecule has 10 nitrogen and oxygen atoms in total. The number of benzene rings is 2. The van der Waals surface area contributed by atoms with E-state index in [1.165, 1.54) is 48.5 Å². The summed E-state index contributed by atoms with van der Waals surface area (Å²) in [5.41, 5.74) is 2.56. The zero-order valence-corrected chi connectivity index (χ0v) is 18.5. The molecule has 0 radical (unpaired) electrons. The number of aromatic nitrogens is 1. The van der Waals surface area contributed by atoms with Gasteiger partial charge in [0.05, 0.1) is 15.4 Å². The molecule has 0 unspecified atom stereocenters. The minimum absolute atomic E-state index is 0.215. The lowest BCUT2D eigenvalue weighted by atomic mass is 10.1. The highest BCUT2D eigenvalue weighted by Crippen LogP contribution is 2.30. The summed E-state index contributed by atoms with van der Waals surface area (Å²) in [5, 5.41) is 15.6. The standard InChI is InChI=1S/C20H18N4O6S2/c1-12-13(2)19(22-14-3-7-16(8-4-14)31(25,26)27)24-20(18(12)11-21)23-15-5-9-17(10-6-15)32(28,29)30/h3-10H,1-2H3,(H2,22,23,24)(H,25,26,27)(H,28,29,30). The number of nitriles is 1. The van der Waals surface area contributed by atoms with Gasteiger partial charge < -0.3 is 10.6 Å². The Morgan fingerprint density at radius 2 is 1.16 bits per heavy atom. The van der Waals surface area contributed by atoms with Gasteiger partial charge >= 0.3 is 0 Å². The molecule has 0 spiro atoms. The fourth-order valence-electron chi connectivity index (χ4n) is 2.84. The summed E-state index contributed by atoms with van der Waals surface area (Å²) < 4.78 is 63.0. The van der Waals surface area contributed by atoms with Crippen molar-refractivity contribution in [2.24, 2.45) is 0 Å². The van der Waals surface area contributed by atoms with Gasteiger partial charge in [0, 0.05) is 11.4 Å². The summed E-state index contributed by atoms with van der Waals surface area (Å²) in [6.07, 6.45) is 0. The van der Waals surface area contributed by atoms with E-state index in [4.69, 9.17) is 9.11 Å². The third-order valence-electron chi connectivity index (χ3n) is 4.69. The first-order valence-electron chi connectivity index (χ1n) is 9.00. The first kappa shape index (κ1) is 23.2. The first-order chi connectivity index (χ1) is 14.9. The first-order valence-corrected chi connectivity index (χ1v) is 11.9. The van der Waals surface area contributed by atoms with Crippen LogP contribution in [0.2, 0.25) is 0 Å². The van der Waals surface area contributed by atoms with Crippen molar-refractivity contribution in [3.8, 4) is 6.07 Å². The second-order valence-electron chi connectivity index (χ2n) is 6.79. The fourth-order valence-corrected chi connectivity index (χ4v) is 3.80. The van der Waals surface area contributed by atoms with Crippen molar-refractivity contribution in [2.45, 2.75) is 23.6 Å². The summed E-state index contributed by atoms with van der Waals surface area (Å²) in [4.78, 5) is 3.94. The topological polar surface area (TPSA) is 169 Å². The van der Waals surface area contributed by atoms with Gasteiger partial charge in [-0.15, -0.1) is 0 Å². The predicted molar refractivity (Wildman–Crippen MR) is 118 cm³/mol. The normalized spacial score (nSPS) is 11.6. The van der Waals surface area contributed by atoms with Crippen LogP contribution in [0.4, 0.5) is 23.0 Å². The average Bonchev–Trinajstić information content (AvgIpc) is 2.71. The molecule has 0 aliphatic heterocycles. The molecule has 0 atom stereocenters. The summed E-state index contributed by atoms with van der Waals surface area (Å²) in [5.74, 6) is 0.616. The van der Waals surface area contributed by atoms with Crippen molar-refractivity contribution in [3.05, 3.63) is 65.2 Å². The van der Waals surface area contributed by atoms with Gasteiger partial charge in [-0.1, -0.05) is 0 Å². The van der Waals surface area contributed by atoms with Crippen LogP contribution in [0.25, 0.3) is 0 Å². The number of nitrogens with one attached hydrogen (secondary N) is 2. The van der Waals surface area contributed by atoms with E-state index in [1.807, 2.05) is 0 Å². The van der Waals surface area contributed by atoms with Gasteiger partial charge in [-0.25, -0.2) is 4.98 Å². The average molecular weight is 475 g/mol. The Morgan fingerprint density at radius 3 is 1.53 bits per heavy atom. The Kier molecular flexibility index (Phi) is 6.20. The van der Waals surface area contributed by atoms with Crippen LogP contribution in [0.3, 0.4) is 0 Å². The van der Waals surface area contributed by atoms with Crippen LogP contribution in [0.5, 0.6) is 0 Å². The van der Waals surface area contributed by atoms with E-state index in [0.717, 1.165) is 0 Å². The fraction of sp³-hybridized carbons (Fsp3) is 0.100. The van der Waals surface area contributed by atoms with E-state index in [1.54, 1.807) is 13.8 Å². The van der Waals surface area contributed by atoms with Crippen LogP contribution in [0.1, 0.15) is 16.7 Å². The highest BCUT2D eigenvalue weighted by Gasteiger charge is 2.16. The van der Waals surface area contributed by atoms with Gasteiger partial charge in [0.1, 0.15) is 11.9 Å². The molecule has 0 saturated heterocycles. The third kappa shape index (κ3) is 5.04. The molecular weight excluding hydrogens is 456 g/mol. The Bertz CT molecular complexity index is 1430. The van der Waals surface area contributed by atoms with Crippen molar-refractivity contribution in [2.75, 3.05) is 10.6 Å². The second-order valence-corrected chi connectivity index (χ2v) is 9.64. The zero-order chi connectivity index (χ0) is 23.7.